The summed E-state index contributed by atoms with van der Waals surface area (Å²) in [6.45, 7) is 17.2. The molecule has 3 rings (SSSR count). The summed E-state index contributed by atoms with van der Waals surface area (Å²) in [4.78, 5) is 45.0. The first-order chi connectivity index (χ1) is 17.3. The number of unbranched alkanes of at least 4 members (excludes halogenated alkanes) is 2. The lowest BCUT2D eigenvalue weighted by molar-refractivity contribution is -0.155. The molecule has 3 aliphatic rings. The average molecular weight is 586 g/mol. The molecule has 3 saturated heterocycles. The number of rotatable bonds is 12. The third kappa shape index (κ3) is 5.64. The molecule has 3 aliphatic heterocycles. The molecule has 210 valence electrons. The van der Waals surface area contributed by atoms with Gasteiger partial charge in [-0.15, -0.1) is 6.58 Å². The van der Waals surface area contributed by atoms with Gasteiger partial charge in [-0.25, -0.2) is 0 Å². The molecule has 3 heterocycles. The molecule has 0 aromatic rings. The minimum Gasteiger partial charge on any atom is -0.466 e. The Morgan fingerprint density at radius 1 is 1.27 bits per heavy atom. The van der Waals surface area contributed by atoms with E-state index in [9.17, 15) is 19.5 Å². The minimum absolute atomic E-state index is 0.0300. The standard InChI is InChI=1S/C28H45BrN2O6/c1-8-13-31(27(6,7)17-26(3,4)5)24(34)22-28-16-18(29)21(37-28)19(25(35)36-9-2)20(28)23(33)30(22)14-11-10-12-15-32/h8,18-22,32H,1,9-17H2,2-7H3/t18?,19-,20+,21-,22-,28+/m1/s1. The third-order valence-corrected chi connectivity index (χ3v) is 8.76. The second kappa shape index (κ2) is 11.3. The zero-order valence-corrected chi connectivity index (χ0v) is 24.9. The monoisotopic (exact) mass is 584 g/mol. The van der Waals surface area contributed by atoms with Gasteiger partial charge in [-0.05, 0) is 58.3 Å². The van der Waals surface area contributed by atoms with Crippen LogP contribution in [0.25, 0.3) is 0 Å². The highest BCUT2D eigenvalue weighted by Gasteiger charge is 2.77. The largest absolute Gasteiger partial charge is 0.466 e. The first kappa shape index (κ1) is 30.1. The van der Waals surface area contributed by atoms with Crippen LogP contribution in [0.1, 0.15) is 73.6 Å². The quantitative estimate of drug-likeness (QED) is 0.163. The van der Waals surface area contributed by atoms with Gasteiger partial charge in [0.25, 0.3) is 0 Å². The number of nitrogens with zero attached hydrogens (tertiary/aromatic N) is 2. The van der Waals surface area contributed by atoms with Crippen molar-refractivity contribution < 1.29 is 29.0 Å². The second-order valence-electron chi connectivity index (χ2n) is 12.5. The molecule has 9 heteroatoms. The fourth-order valence-corrected chi connectivity index (χ4v) is 7.98. The summed E-state index contributed by atoms with van der Waals surface area (Å²) in [5.74, 6) is -2.33. The number of carbonyl (C=O) groups excluding carboxylic acids is 3. The van der Waals surface area contributed by atoms with E-state index in [0.717, 1.165) is 12.8 Å². The van der Waals surface area contributed by atoms with Crippen LogP contribution in [0.5, 0.6) is 0 Å². The van der Waals surface area contributed by atoms with Crippen molar-refractivity contribution >= 4 is 33.7 Å². The molecule has 8 nitrogen and oxygen atoms in total. The van der Waals surface area contributed by atoms with Crippen LogP contribution in [0.4, 0.5) is 0 Å². The summed E-state index contributed by atoms with van der Waals surface area (Å²) < 4.78 is 11.9. The number of halogens is 1. The number of hydrogen-bond acceptors (Lipinski definition) is 6. The lowest BCUT2D eigenvalue weighted by Crippen LogP contribution is -2.61. The number of esters is 1. The van der Waals surface area contributed by atoms with Crippen molar-refractivity contribution in [1.82, 2.24) is 9.80 Å². The molecule has 2 bridgehead atoms. The van der Waals surface area contributed by atoms with Crippen molar-refractivity contribution in [2.24, 2.45) is 17.3 Å². The molecule has 3 fully saturated rings. The number of likely N-dealkylation sites (tertiary alicyclic amines) is 1. The Hall–Kier alpha value is -1.45. The Morgan fingerprint density at radius 3 is 2.51 bits per heavy atom. The third-order valence-electron chi connectivity index (χ3n) is 7.91. The minimum atomic E-state index is -1.10. The van der Waals surface area contributed by atoms with Crippen LogP contribution in [0, 0.1) is 17.3 Å². The number of ether oxygens (including phenoxy) is 2. The molecular formula is C28H45BrN2O6. The van der Waals surface area contributed by atoms with Gasteiger partial charge < -0.3 is 24.4 Å². The summed E-state index contributed by atoms with van der Waals surface area (Å²) in [6.07, 6.45) is 4.44. The summed E-state index contributed by atoms with van der Waals surface area (Å²) in [5, 5.41) is 9.23. The highest BCUT2D eigenvalue weighted by atomic mass is 79.9. The molecule has 0 aromatic carbocycles. The predicted octanol–water partition coefficient (Wildman–Crippen LogP) is 3.69. The second-order valence-corrected chi connectivity index (χ2v) is 13.7. The summed E-state index contributed by atoms with van der Waals surface area (Å²) in [5.41, 5.74) is -1.63. The van der Waals surface area contributed by atoms with Gasteiger partial charge >= 0.3 is 5.97 Å². The normalized spacial score (nSPS) is 31.0. The Kier molecular flexibility index (Phi) is 9.23. The van der Waals surface area contributed by atoms with Gasteiger partial charge in [-0.3, -0.25) is 14.4 Å². The average Bonchev–Trinajstić information content (AvgIpc) is 3.36. The predicted molar refractivity (Wildman–Crippen MR) is 145 cm³/mol. The molecule has 2 amide bonds. The zero-order valence-electron chi connectivity index (χ0n) is 23.3. The van der Waals surface area contributed by atoms with E-state index in [-0.39, 0.29) is 35.3 Å². The van der Waals surface area contributed by atoms with Crippen molar-refractivity contribution in [2.75, 3.05) is 26.3 Å². The van der Waals surface area contributed by atoms with Crippen molar-refractivity contribution in [1.29, 1.82) is 0 Å². The number of aliphatic hydroxyl groups excluding tert-OH is 1. The van der Waals surface area contributed by atoms with Crippen LogP contribution >= 0.6 is 15.9 Å². The van der Waals surface area contributed by atoms with Crippen LogP contribution in [0.2, 0.25) is 0 Å². The molecule has 1 unspecified atom stereocenters. The number of amides is 2. The van der Waals surface area contributed by atoms with Crippen LogP contribution in [-0.2, 0) is 23.9 Å². The molecule has 0 aliphatic carbocycles. The van der Waals surface area contributed by atoms with Crippen LogP contribution in [0.15, 0.2) is 12.7 Å². The Morgan fingerprint density at radius 2 is 1.95 bits per heavy atom. The lowest BCUT2D eigenvalue weighted by atomic mass is 9.70. The fourth-order valence-electron chi connectivity index (χ4n) is 7.03. The van der Waals surface area contributed by atoms with E-state index in [0.29, 0.717) is 32.4 Å². The smallest absolute Gasteiger partial charge is 0.312 e. The van der Waals surface area contributed by atoms with Crippen molar-refractivity contribution in [3.05, 3.63) is 12.7 Å². The van der Waals surface area contributed by atoms with E-state index >= 15 is 0 Å². The van der Waals surface area contributed by atoms with Crippen LogP contribution in [0.3, 0.4) is 0 Å². The molecule has 0 aromatic heterocycles. The maximum Gasteiger partial charge on any atom is 0.312 e. The summed E-state index contributed by atoms with van der Waals surface area (Å²) in [7, 11) is 0. The van der Waals surface area contributed by atoms with E-state index < -0.39 is 41.1 Å². The number of hydrogen-bond donors (Lipinski definition) is 1. The van der Waals surface area contributed by atoms with Crippen molar-refractivity contribution in [3.63, 3.8) is 0 Å². The van der Waals surface area contributed by atoms with Crippen LogP contribution in [-0.4, -0.2) is 87.1 Å². The maximum absolute atomic E-state index is 14.6. The molecule has 6 atom stereocenters. The lowest BCUT2D eigenvalue weighted by Gasteiger charge is -2.45. The van der Waals surface area contributed by atoms with Crippen molar-refractivity contribution in [3.8, 4) is 0 Å². The highest BCUT2D eigenvalue weighted by molar-refractivity contribution is 9.09. The van der Waals surface area contributed by atoms with Crippen molar-refractivity contribution in [2.45, 2.75) is 102 Å². The SMILES string of the molecule is C=CCN(C(=O)[C@H]1N(CCCCCO)C(=O)[C@@H]2[C@@H](C(=O)OCC)[C@@H]3O[C@@]21CC3Br)C(C)(C)CC(C)(C)C. The van der Waals surface area contributed by atoms with Gasteiger partial charge in [-0.2, -0.15) is 0 Å². The molecule has 1 N–H and O–H groups in total. The molecule has 37 heavy (non-hydrogen) atoms. The number of alkyl halides is 1. The topological polar surface area (TPSA) is 96.4 Å². The van der Waals surface area contributed by atoms with E-state index in [1.165, 1.54) is 0 Å². The Labute approximate surface area is 230 Å². The Balaban J connectivity index is 2.06. The molecular weight excluding hydrogens is 540 g/mol. The van der Waals surface area contributed by atoms with Gasteiger partial charge in [0.1, 0.15) is 11.6 Å². The molecule has 0 radical (unpaired) electrons. The van der Waals surface area contributed by atoms with Gasteiger partial charge in [0.2, 0.25) is 11.8 Å². The first-order valence-electron chi connectivity index (χ1n) is 13.6. The van der Waals surface area contributed by atoms with Gasteiger partial charge in [0, 0.05) is 30.1 Å². The van der Waals surface area contributed by atoms with Gasteiger partial charge in [0.05, 0.1) is 24.5 Å². The van der Waals surface area contributed by atoms with E-state index in [4.69, 9.17) is 9.47 Å². The molecule has 1 spiro atoms. The number of carbonyl (C=O) groups is 3. The van der Waals surface area contributed by atoms with E-state index in [1.54, 1.807) is 17.9 Å². The summed E-state index contributed by atoms with van der Waals surface area (Å²) in [6, 6.07) is -0.845. The van der Waals surface area contributed by atoms with Gasteiger partial charge in [0.15, 0.2) is 0 Å². The van der Waals surface area contributed by atoms with E-state index in [2.05, 4.69) is 57.1 Å². The molecule has 0 saturated carbocycles. The van der Waals surface area contributed by atoms with E-state index in [1.807, 2.05) is 4.90 Å². The maximum atomic E-state index is 14.6. The Bertz CT molecular complexity index is 886. The fraction of sp³-hybridized carbons (Fsp3) is 0.821. The summed E-state index contributed by atoms with van der Waals surface area (Å²) >= 11 is 3.69. The number of aliphatic hydroxyl groups is 1. The zero-order chi connectivity index (χ0) is 27.8. The first-order valence-corrected chi connectivity index (χ1v) is 14.5. The van der Waals surface area contributed by atoms with Crippen LogP contribution < -0.4 is 0 Å². The van der Waals surface area contributed by atoms with Gasteiger partial charge in [-0.1, -0.05) is 42.8 Å². The highest BCUT2D eigenvalue weighted by Crippen LogP contribution is 2.60. The number of fused-ring (bicyclic) bond motifs is 1.